The van der Waals surface area contributed by atoms with Crippen molar-refractivity contribution in [3.05, 3.63) is 11.4 Å². The molecule has 0 aliphatic heterocycles. The minimum Gasteiger partial charge on any atom is -0.467 e. The second-order valence-electron chi connectivity index (χ2n) is 4.13. The third-order valence-electron chi connectivity index (χ3n) is 2.97. The van der Waals surface area contributed by atoms with E-state index < -0.39 is 0 Å². The van der Waals surface area contributed by atoms with Gasteiger partial charge in [-0.25, -0.2) is 4.79 Å². The van der Waals surface area contributed by atoms with E-state index in [1.54, 1.807) is 0 Å². The molecule has 0 saturated heterocycles. The van der Waals surface area contributed by atoms with Crippen LogP contribution < -0.4 is 0 Å². The Morgan fingerprint density at radius 2 is 2.29 bits per heavy atom. The number of methoxy groups -OCH3 is 1. The third-order valence-corrected chi connectivity index (χ3v) is 2.97. The number of rotatable bonds is 3. The summed E-state index contributed by atoms with van der Waals surface area (Å²) in [6.45, 7) is -0.0343. The summed E-state index contributed by atoms with van der Waals surface area (Å²) in [7, 11) is 1.35. The number of carbonyl (C=O) groups is 1. The van der Waals surface area contributed by atoms with Crippen LogP contribution in [0.4, 0.5) is 0 Å². The van der Waals surface area contributed by atoms with Crippen molar-refractivity contribution in [1.82, 2.24) is 15.4 Å². The monoisotopic (exact) mass is 239 g/mol. The maximum atomic E-state index is 11.1. The van der Waals surface area contributed by atoms with Gasteiger partial charge < -0.3 is 9.47 Å². The maximum absolute atomic E-state index is 11.1. The minimum atomic E-state index is -0.364. The Morgan fingerprint density at radius 3 is 3.12 bits per heavy atom. The number of carbonyl (C=O) groups excluding carboxylic acids is 1. The lowest BCUT2D eigenvalue weighted by molar-refractivity contribution is -0.148. The molecule has 1 aliphatic carbocycles. The van der Waals surface area contributed by atoms with E-state index >= 15 is 0 Å². The van der Waals surface area contributed by atoms with E-state index in [4.69, 9.17) is 4.74 Å². The Hall–Kier alpha value is -1.43. The average molecular weight is 239 g/mol. The topological polar surface area (TPSA) is 77.1 Å². The molecule has 0 aromatic carbocycles. The van der Waals surface area contributed by atoms with Gasteiger partial charge in [-0.05, 0) is 19.3 Å². The van der Waals surface area contributed by atoms with Crippen molar-refractivity contribution in [2.45, 2.75) is 38.2 Å². The van der Waals surface area contributed by atoms with Gasteiger partial charge in [0.15, 0.2) is 0 Å². The summed E-state index contributed by atoms with van der Waals surface area (Å²) in [6, 6.07) is 0. The molecule has 6 nitrogen and oxygen atoms in total. The minimum absolute atomic E-state index is 0.0343. The van der Waals surface area contributed by atoms with Crippen LogP contribution in [0.2, 0.25) is 0 Å². The summed E-state index contributed by atoms with van der Waals surface area (Å²) in [5.74, 6) is -0.364. The van der Waals surface area contributed by atoms with Gasteiger partial charge in [0.2, 0.25) is 0 Å². The fourth-order valence-electron chi connectivity index (χ4n) is 2.03. The largest absolute Gasteiger partial charge is 0.467 e. The van der Waals surface area contributed by atoms with Crippen LogP contribution in [0.1, 0.15) is 43.2 Å². The van der Waals surface area contributed by atoms with Gasteiger partial charge in [-0.3, -0.25) is 0 Å². The number of ether oxygens (including phenoxy) is 2. The lowest BCUT2D eigenvalue weighted by Gasteiger charge is -2.18. The van der Waals surface area contributed by atoms with Gasteiger partial charge in [0.1, 0.15) is 18.4 Å². The Kier molecular flexibility index (Phi) is 4.08. The number of hydrogen-bond donors (Lipinski definition) is 1. The molecule has 0 amide bonds. The molecule has 1 aromatic heterocycles. The molecule has 1 unspecified atom stereocenters. The third kappa shape index (κ3) is 3.03. The summed E-state index contributed by atoms with van der Waals surface area (Å²) in [5.41, 5.74) is 1.80. The first-order valence-electron chi connectivity index (χ1n) is 5.89. The van der Waals surface area contributed by atoms with Crippen LogP contribution in [0.15, 0.2) is 0 Å². The van der Waals surface area contributed by atoms with E-state index in [0.29, 0.717) is 0 Å². The number of aryl methyl sites for hydroxylation is 1. The highest BCUT2D eigenvalue weighted by Crippen LogP contribution is 2.27. The molecule has 6 heteroatoms. The van der Waals surface area contributed by atoms with Gasteiger partial charge >= 0.3 is 5.97 Å². The molecule has 1 N–H and O–H groups in total. The Morgan fingerprint density at radius 1 is 1.41 bits per heavy atom. The Bertz CT molecular complexity index is 378. The molecular formula is C11H17N3O3. The summed E-state index contributed by atoms with van der Waals surface area (Å²) in [5, 5.41) is 10.9. The summed E-state index contributed by atoms with van der Waals surface area (Å²) in [6.07, 6.45) is 5.01. The van der Waals surface area contributed by atoms with Crippen LogP contribution in [0.5, 0.6) is 0 Å². The Labute approximate surface area is 99.7 Å². The summed E-state index contributed by atoms with van der Waals surface area (Å²) < 4.78 is 10.1. The van der Waals surface area contributed by atoms with E-state index in [-0.39, 0.29) is 18.7 Å². The first-order valence-corrected chi connectivity index (χ1v) is 5.89. The van der Waals surface area contributed by atoms with E-state index in [1.807, 2.05) is 0 Å². The summed E-state index contributed by atoms with van der Waals surface area (Å²) >= 11 is 0. The van der Waals surface area contributed by atoms with Gasteiger partial charge in [0.25, 0.3) is 0 Å². The predicted octanol–water partition coefficient (Wildman–Crippen LogP) is 1.15. The highest BCUT2D eigenvalue weighted by molar-refractivity contribution is 5.70. The van der Waals surface area contributed by atoms with Gasteiger partial charge in [-0.2, -0.15) is 15.4 Å². The molecule has 1 aliphatic rings. The molecule has 0 fully saturated rings. The van der Waals surface area contributed by atoms with Crippen LogP contribution in [0.3, 0.4) is 0 Å². The van der Waals surface area contributed by atoms with E-state index in [2.05, 4.69) is 20.1 Å². The number of nitrogens with zero attached hydrogens (tertiary/aromatic N) is 2. The van der Waals surface area contributed by atoms with Crippen LogP contribution in [0, 0.1) is 0 Å². The predicted molar refractivity (Wildman–Crippen MR) is 59.3 cm³/mol. The SMILES string of the molecule is COC(=O)COC1CCCCCc2n[nH]nc21. The number of esters is 1. The zero-order valence-corrected chi connectivity index (χ0v) is 9.94. The fraction of sp³-hybridized carbons (Fsp3) is 0.727. The van der Waals surface area contributed by atoms with Gasteiger partial charge in [0, 0.05) is 0 Å². The second-order valence-corrected chi connectivity index (χ2v) is 4.13. The van der Waals surface area contributed by atoms with Gasteiger partial charge in [0.05, 0.1) is 12.8 Å². The number of nitrogens with one attached hydrogen (secondary N) is 1. The van der Waals surface area contributed by atoms with Crippen LogP contribution in [-0.2, 0) is 20.7 Å². The zero-order valence-electron chi connectivity index (χ0n) is 9.94. The second kappa shape index (κ2) is 5.77. The van der Waals surface area contributed by atoms with Crippen molar-refractivity contribution in [3.8, 4) is 0 Å². The van der Waals surface area contributed by atoms with E-state index in [0.717, 1.165) is 43.5 Å². The molecule has 17 heavy (non-hydrogen) atoms. The number of fused-ring (bicyclic) bond motifs is 1. The van der Waals surface area contributed by atoms with Crippen LogP contribution in [-0.4, -0.2) is 35.1 Å². The standard InChI is InChI=1S/C11H17N3O3/c1-16-10(15)7-17-9-6-4-2-3-5-8-11(9)13-14-12-8/h9H,2-7H2,1H3,(H,12,13,14). The van der Waals surface area contributed by atoms with Crippen molar-refractivity contribution in [1.29, 1.82) is 0 Å². The molecular weight excluding hydrogens is 222 g/mol. The van der Waals surface area contributed by atoms with Crippen molar-refractivity contribution in [3.63, 3.8) is 0 Å². The molecule has 1 atom stereocenters. The van der Waals surface area contributed by atoms with Crippen molar-refractivity contribution < 1.29 is 14.3 Å². The lowest BCUT2D eigenvalue weighted by atomic mass is 9.99. The quantitative estimate of drug-likeness (QED) is 0.801. The molecule has 1 heterocycles. The number of hydrogen-bond acceptors (Lipinski definition) is 5. The molecule has 0 spiro atoms. The smallest absolute Gasteiger partial charge is 0.331 e. The molecule has 0 saturated carbocycles. The van der Waals surface area contributed by atoms with Crippen LogP contribution in [0.25, 0.3) is 0 Å². The van der Waals surface area contributed by atoms with Crippen molar-refractivity contribution in [2.24, 2.45) is 0 Å². The highest BCUT2D eigenvalue weighted by Gasteiger charge is 2.22. The van der Waals surface area contributed by atoms with Crippen molar-refractivity contribution >= 4 is 5.97 Å². The van der Waals surface area contributed by atoms with Crippen LogP contribution >= 0.6 is 0 Å². The summed E-state index contributed by atoms with van der Waals surface area (Å²) in [4.78, 5) is 11.1. The number of H-pyrrole nitrogens is 1. The Balaban J connectivity index is 2.03. The lowest BCUT2D eigenvalue weighted by Crippen LogP contribution is -2.16. The number of aromatic nitrogens is 3. The molecule has 2 rings (SSSR count). The molecule has 0 radical (unpaired) electrons. The average Bonchev–Trinajstić information content (AvgIpc) is 2.76. The zero-order chi connectivity index (χ0) is 12.1. The van der Waals surface area contributed by atoms with Gasteiger partial charge in [-0.15, -0.1) is 0 Å². The van der Waals surface area contributed by atoms with Gasteiger partial charge in [-0.1, -0.05) is 12.8 Å². The fourth-order valence-corrected chi connectivity index (χ4v) is 2.03. The first kappa shape index (κ1) is 12.0. The highest BCUT2D eigenvalue weighted by atomic mass is 16.6. The van der Waals surface area contributed by atoms with Crippen molar-refractivity contribution in [2.75, 3.05) is 13.7 Å². The normalized spacial score (nSPS) is 20.2. The molecule has 0 bridgehead atoms. The molecule has 1 aromatic rings. The molecule has 94 valence electrons. The number of aromatic amines is 1. The maximum Gasteiger partial charge on any atom is 0.331 e. The van der Waals surface area contributed by atoms with E-state index in [1.165, 1.54) is 7.11 Å². The first-order chi connectivity index (χ1) is 8.31. The van der Waals surface area contributed by atoms with E-state index in [9.17, 15) is 4.79 Å².